The van der Waals surface area contributed by atoms with Gasteiger partial charge in [-0.25, -0.2) is 0 Å². The molecule has 1 fully saturated rings. The van der Waals surface area contributed by atoms with Crippen LogP contribution in [0, 0.1) is 6.92 Å². The Morgan fingerprint density at radius 3 is 1.95 bits per heavy atom. The van der Waals surface area contributed by atoms with Gasteiger partial charge in [0, 0.05) is 28.7 Å². The summed E-state index contributed by atoms with van der Waals surface area (Å²) in [6.07, 6.45) is 1.81. The summed E-state index contributed by atoms with van der Waals surface area (Å²) in [4.78, 5) is 2.39. The number of hydrogen-bond donors (Lipinski definition) is 2. The summed E-state index contributed by atoms with van der Waals surface area (Å²) < 4.78 is 1.69. The van der Waals surface area contributed by atoms with E-state index in [1.165, 1.54) is 0 Å². The SMILES string of the molecule is Cc1cc(O)n(C2CC(C)(C)N(C)C(C)(C)C2)c1O. The van der Waals surface area contributed by atoms with Gasteiger partial charge < -0.3 is 10.2 Å². The average Bonchev–Trinajstić information content (AvgIpc) is 2.49. The molecule has 0 aromatic carbocycles. The predicted molar refractivity (Wildman–Crippen MR) is 76.7 cm³/mol. The van der Waals surface area contributed by atoms with Crippen molar-refractivity contribution in [1.29, 1.82) is 0 Å². The van der Waals surface area contributed by atoms with Crippen LogP contribution in [-0.4, -0.2) is 37.8 Å². The summed E-state index contributed by atoms with van der Waals surface area (Å²) >= 11 is 0. The molecule has 4 nitrogen and oxygen atoms in total. The lowest BCUT2D eigenvalue weighted by Gasteiger charge is -2.53. The molecule has 0 amide bonds. The molecule has 1 aromatic rings. The van der Waals surface area contributed by atoms with E-state index in [-0.39, 0.29) is 28.9 Å². The molecule has 2 heterocycles. The fraction of sp³-hybridized carbons (Fsp3) is 0.733. The van der Waals surface area contributed by atoms with E-state index in [0.717, 1.165) is 18.4 Å². The molecule has 108 valence electrons. The Bertz CT molecular complexity index is 471. The molecule has 0 bridgehead atoms. The summed E-state index contributed by atoms with van der Waals surface area (Å²) in [7, 11) is 2.15. The summed E-state index contributed by atoms with van der Waals surface area (Å²) in [6, 6.07) is 1.75. The van der Waals surface area contributed by atoms with Gasteiger partial charge >= 0.3 is 0 Å². The van der Waals surface area contributed by atoms with Crippen LogP contribution >= 0.6 is 0 Å². The van der Waals surface area contributed by atoms with Crippen molar-refractivity contribution in [2.75, 3.05) is 7.05 Å². The van der Waals surface area contributed by atoms with Gasteiger partial charge in [0.1, 0.15) is 0 Å². The summed E-state index contributed by atoms with van der Waals surface area (Å²) in [5, 5.41) is 20.2. The maximum atomic E-state index is 10.2. The number of aryl methyl sites for hydroxylation is 1. The normalized spacial score (nSPS) is 23.7. The zero-order valence-electron chi connectivity index (χ0n) is 12.9. The minimum atomic E-state index is 0.0312. The van der Waals surface area contributed by atoms with Crippen LogP contribution in [0.1, 0.15) is 52.1 Å². The highest BCUT2D eigenvalue weighted by molar-refractivity contribution is 5.35. The number of hydrogen-bond acceptors (Lipinski definition) is 3. The number of aromatic nitrogens is 1. The molecule has 0 radical (unpaired) electrons. The second-order valence-electron chi connectivity index (χ2n) is 7.13. The van der Waals surface area contributed by atoms with Gasteiger partial charge in [0.05, 0.1) is 0 Å². The van der Waals surface area contributed by atoms with Gasteiger partial charge in [-0.1, -0.05) is 0 Å². The van der Waals surface area contributed by atoms with Crippen LogP contribution in [0.2, 0.25) is 0 Å². The lowest BCUT2D eigenvalue weighted by atomic mass is 9.77. The van der Waals surface area contributed by atoms with Crippen molar-refractivity contribution in [3.8, 4) is 11.8 Å². The first-order chi connectivity index (χ1) is 8.56. The summed E-state index contributed by atoms with van der Waals surface area (Å²) in [5.74, 6) is 0.356. The van der Waals surface area contributed by atoms with Crippen LogP contribution in [0.3, 0.4) is 0 Å². The highest BCUT2D eigenvalue weighted by atomic mass is 16.3. The van der Waals surface area contributed by atoms with Crippen molar-refractivity contribution < 1.29 is 10.2 Å². The minimum Gasteiger partial charge on any atom is -0.494 e. The van der Waals surface area contributed by atoms with Crippen molar-refractivity contribution in [3.63, 3.8) is 0 Å². The highest BCUT2D eigenvalue weighted by Gasteiger charge is 2.44. The molecule has 0 spiro atoms. The van der Waals surface area contributed by atoms with E-state index in [4.69, 9.17) is 0 Å². The molecule has 0 aliphatic carbocycles. The predicted octanol–water partition coefficient (Wildman–Crippen LogP) is 3.03. The molecule has 19 heavy (non-hydrogen) atoms. The Morgan fingerprint density at radius 1 is 1.11 bits per heavy atom. The topological polar surface area (TPSA) is 48.6 Å². The van der Waals surface area contributed by atoms with Crippen LogP contribution < -0.4 is 0 Å². The number of aromatic hydroxyl groups is 2. The molecule has 1 saturated heterocycles. The van der Waals surface area contributed by atoms with Gasteiger partial charge in [0.25, 0.3) is 0 Å². The second-order valence-corrected chi connectivity index (χ2v) is 7.13. The van der Waals surface area contributed by atoms with Gasteiger partial charge in [0.15, 0.2) is 11.8 Å². The van der Waals surface area contributed by atoms with Gasteiger partial charge in [0.2, 0.25) is 0 Å². The summed E-state index contributed by atoms with van der Waals surface area (Å²) in [6.45, 7) is 10.7. The lowest BCUT2D eigenvalue weighted by molar-refractivity contribution is -0.0282. The van der Waals surface area contributed by atoms with E-state index < -0.39 is 0 Å². The van der Waals surface area contributed by atoms with E-state index in [9.17, 15) is 10.2 Å². The van der Waals surface area contributed by atoms with E-state index in [2.05, 4.69) is 39.6 Å². The minimum absolute atomic E-state index is 0.0312. The van der Waals surface area contributed by atoms with Crippen LogP contribution in [0.5, 0.6) is 11.8 Å². The number of piperidine rings is 1. The maximum Gasteiger partial charge on any atom is 0.197 e. The van der Waals surface area contributed by atoms with Crippen LogP contribution in [0.15, 0.2) is 6.07 Å². The molecule has 0 saturated carbocycles. The first kappa shape index (κ1) is 14.3. The van der Waals surface area contributed by atoms with Gasteiger partial charge in [-0.05, 0) is 54.5 Å². The van der Waals surface area contributed by atoms with E-state index >= 15 is 0 Å². The first-order valence-electron chi connectivity index (χ1n) is 6.90. The van der Waals surface area contributed by atoms with E-state index in [1.807, 2.05) is 6.92 Å². The standard InChI is InChI=1S/C15H26N2O2/c1-10-7-12(18)17(13(10)19)11-8-14(2,3)16(6)15(4,5)9-11/h7,11,18-19H,8-9H2,1-6H3. The first-order valence-corrected chi connectivity index (χ1v) is 6.90. The Morgan fingerprint density at radius 2 is 1.58 bits per heavy atom. The maximum absolute atomic E-state index is 10.2. The lowest BCUT2D eigenvalue weighted by Crippen LogP contribution is -2.58. The summed E-state index contributed by atoms with van der Waals surface area (Å²) in [5.41, 5.74) is 0.791. The van der Waals surface area contributed by atoms with Crippen LogP contribution in [-0.2, 0) is 0 Å². The van der Waals surface area contributed by atoms with Gasteiger partial charge in [-0.15, -0.1) is 0 Å². The van der Waals surface area contributed by atoms with Crippen molar-refractivity contribution in [2.24, 2.45) is 0 Å². The zero-order chi connectivity index (χ0) is 14.6. The Kier molecular flexibility index (Phi) is 3.13. The van der Waals surface area contributed by atoms with E-state index in [1.54, 1.807) is 10.6 Å². The third-order valence-corrected chi connectivity index (χ3v) is 4.82. The molecule has 4 heteroatoms. The van der Waals surface area contributed by atoms with Crippen molar-refractivity contribution >= 4 is 0 Å². The molecule has 2 N–H and O–H groups in total. The smallest absolute Gasteiger partial charge is 0.197 e. The second kappa shape index (κ2) is 4.17. The van der Waals surface area contributed by atoms with Crippen LogP contribution in [0.25, 0.3) is 0 Å². The molecular formula is C15H26N2O2. The zero-order valence-corrected chi connectivity index (χ0v) is 12.9. The van der Waals surface area contributed by atoms with Crippen molar-refractivity contribution in [3.05, 3.63) is 11.6 Å². The number of nitrogens with zero attached hydrogens (tertiary/aromatic N) is 2. The van der Waals surface area contributed by atoms with Gasteiger partial charge in [-0.3, -0.25) is 9.47 Å². The van der Waals surface area contributed by atoms with Gasteiger partial charge in [-0.2, -0.15) is 0 Å². The Hall–Kier alpha value is -1.16. The fourth-order valence-corrected chi connectivity index (χ4v) is 3.49. The molecule has 1 aromatic heterocycles. The Balaban J connectivity index is 2.42. The van der Waals surface area contributed by atoms with E-state index in [0.29, 0.717) is 0 Å². The number of likely N-dealkylation sites (tertiary alicyclic amines) is 1. The van der Waals surface area contributed by atoms with Crippen molar-refractivity contribution in [1.82, 2.24) is 9.47 Å². The fourth-order valence-electron chi connectivity index (χ4n) is 3.49. The monoisotopic (exact) mass is 266 g/mol. The molecule has 0 atom stereocenters. The average molecular weight is 266 g/mol. The molecule has 1 aliphatic rings. The molecular weight excluding hydrogens is 240 g/mol. The third kappa shape index (κ3) is 2.22. The molecule has 0 unspecified atom stereocenters. The molecule has 1 aliphatic heterocycles. The largest absolute Gasteiger partial charge is 0.494 e. The highest BCUT2D eigenvalue weighted by Crippen LogP contribution is 2.45. The molecule has 2 rings (SSSR count). The Labute approximate surface area is 115 Å². The number of rotatable bonds is 1. The van der Waals surface area contributed by atoms with Crippen molar-refractivity contribution in [2.45, 2.75) is 64.6 Å². The quantitative estimate of drug-likeness (QED) is 0.821. The third-order valence-electron chi connectivity index (χ3n) is 4.82. The van der Waals surface area contributed by atoms with Crippen LogP contribution in [0.4, 0.5) is 0 Å².